The Morgan fingerprint density at radius 1 is 1.30 bits per heavy atom. The van der Waals surface area contributed by atoms with Gasteiger partial charge in [-0.15, -0.1) is 0 Å². The number of amides is 2. The number of nitrogens with zero attached hydrogens (tertiary/aromatic N) is 1. The average molecular weight is 318 g/mol. The van der Waals surface area contributed by atoms with E-state index in [1.54, 1.807) is 18.2 Å². The summed E-state index contributed by atoms with van der Waals surface area (Å²) in [5.74, 6) is -0.601. The van der Waals surface area contributed by atoms with Crippen LogP contribution in [0.5, 0.6) is 0 Å². The van der Waals surface area contributed by atoms with E-state index in [0.29, 0.717) is 12.6 Å². The van der Waals surface area contributed by atoms with Gasteiger partial charge >= 0.3 is 0 Å². The molecule has 124 valence electrons. The third kappa shape index (κ3) is 4.74. The van der Waals surface area contributed by atoms with Crippen LogP contribution in [0, 0.1) is 0 Å². The van der Waals surface area contributed by atoms with E-state index in [-0.39, 0.29) is 29.9 Å². The van der Waals surface area contributed by atoms with Gasteiger partial charge < -0.3 is 15.0 Å². The number of aldehydes is 2. The molecule has 23 heavy (non-hydrogen) atoms. The fourth-order valence-corrected chi connectivity index (χ4v) is 2.21. The highest BCUT2D eigenvalue weighted by Gasteiger charge is 2.23. The molecule has 6 heteroatoms. The zero-order valence-corrected chi connectivity index (χ0v) is 13.7. The fourth-order valence-electron chi connectivity index (χ4n) is 2.21. The molecule has 6 nitrogen and oxygen atoms in total. The standard InChI is InChI=1S/C17H22N2O4/c1-4-12-5-6-13(10-20)15(9-12)17(23)19(3)14(11-21)7-8-16(22)18-2/h5-6,9-11,14H,4,7-8H2,1-3H3,(H,18,22). The van der Waals surface area contributed by atoms with E-state index < -0.39 is 11.9 Å². The Balaban J connectivity index is 2.99. The molecule has 0 saturated carbocycles. The molecule has 1 aromatic rings. The third-order valence-electron chi connectivity index (χ3n) is 3.80. The Labute approximate surface area is 135 Å². The van der Waals surface area contributed by atoms with Crippen molar-refractivity contribution < 1.29 is 19.2 Å². The molecule has 0 heterocycles. The van der Waals surface area contributed by atoms with Crippen molar-refractivity contribution in [2.75, 3.05) is 14.1 Å². The molecular weight excluding hydrogens is 296 g/mol. The highest BCUT2D eigenvalue weighted by molar-refractivity contribution is 6.02. The molecule has 0 aliphatic rings. The Kier molecular flexibility index (Phi) is 7.12. The molecule has 1 atom stereocenters. The van der Waals surface area contributed by atoms with Crippen LogP contribution in [-0.2, 0) is 16.0 Å². The number of nitrogens with one attached hydrogen (secondary N) is 1. The van der Waals surface area contributed by atoms with Crippen LogP contribution in [0.3, 0.4) is 0 Å². The molecular formula is C17H22N2O4. The van der Waals surface area contributed by atoms with Gasteiger partial charge in [-0.05, 0) is 24.5 Å². The maximum atomic E-state index is 12.6. The van der Waals surface area contributed by atoms with Crippen LogP contribution in [0.25, 0.3) is 0 Å². The van der Waals surface area contributed by atoms with Gasteiger partial charge in [-0.1, -0.05) is 19.1 Å². The summed E-state index contributed by atoms with van der Waals surface area (Å²) in [6.45, 7) is 1.95. The molecule has 1 rings (SSSR count). The molecule has 0 aliphatic carbocycles. The predicted octanol–water partition coefficient (Wildman–Crippen LogP) is 1.23. The average Bonchev–Trinajstić information content (AvgIpc) is 2.60. The van der Waals surface area contributed by atoms with E-state index in [1.807, 2.05) is 6.92 Å². The number of likely N-dealkylation sites (N-methyl/N-ethyl adjacent to an activating group) is 1. The number of hydrogen-bond donors (Lipinski definition) is 1. The number of aryl methyl sites for hydroxylation is 1. The minimum absolute atomic E-state index is 0.146. The highest BCUT2D eigenvalue weighted by atomic mass is 16.2. The first kappa shape index (κ1) is 18.5. The lowest BCUT2D eigenvalue weighted by Crippen LogP contribution is -2.39. The predicted molar refractivity (Wildman–Crippen MR) is 86.5 cm³/mol. The van der Waals surface area contributed by atoms with Gasteiger partial charge in [0.1, 0.15) is 6.29 Å². The van der Waals surface area contributed by atoms with Crippen LogP contribution in [0.4, 0.5) is 0 Å². The Morgan fingerprint density at radius 2 is 2.00 bits per heavy atom. The first-order chi connectivity index (χ1) is 11.0. The van der Waals surface area contributed by atoms with Crippen LogP contribution in [0.2, 0.25) is 0 Å². The highest BCUT2D eigenvalue weighted by Crippen LogP contribution is 2.16. The molecule has 0 saturated heterocycles. The van der Waals surface area contributed by atoms with Gasteiger partial charge in [-0.25, -0.2) is 0 Å². The molecule has 0 fully saturated rings. The monoisotopic (exact) mass is 318 g/mol. The SMILES string of the molecule is CCc1ccc(C=O)c(C(=O)N(C)C(C=O)CCC(=O)NC)c1. The normalized spacial score (nSPS) is 11.4. The molecule has 2 amide bonds. The number of hydrogen-bond acceptors (Lipinski definition) is 4. The minimum Gasteiger partial charge on any atom is -0.359 e. The summed E-state index contributed by atoms with van der Waals surface area (Å²) in [5, 5.41) is 2.47. The zero-order chi connectivity index (χ0) is 17.4. The van der Waals surface area contributed by atoms with E-state index >= 15 is 0 Å². The van der Waals surface area contributed by atoms with E-state index in [1.165, 1.54) is 19.0 Å². The molecule has 0 bridgehead atoms. The van der Waals surface area contributed by atoms with E-state index in [0.717, 1.165) is 12.0 Å². The van der Waals surface area contributed by atoms with Gasteiger partial charge in [-0.3, -0.25) is 14.4 Å². The topological polar surface area (TPSA) is 83.6 Å². The van der Waals surface area contributed by atoms with Crippen molar-refractivity contribution in [2.45, 2.75) is 32.2 Å². The minimum atomic E-state index is -0.718. The number of benzene rings is 1. The van der Waals surface area contributed by atoms with Crippen molar-refractivity contribution in [3.8, 4) is 0 Å². The summed E-state index contributed by atoms with van der Waals surface area (Å²) >= 11 is 0. The van der Waals surface area contributed by atoms with Gasteiger partial charge in [0.2, 0.25) is 5.91 Å². The van der Waals surface area contributed by atoms with Crippen molar-refractivity contribution in [2.24, 2.45) is 0 Å². The summed E-state index contributed by atoms with van der Waals surface area (Å²) in [6.07, 6.45) is 2.38. The Hall–Kier alpha value is -2.50. The van der Waals surface area contributed by atoms with Crippen LogP contribution < -0.4 is 5.32 Å². The molecule has 1 aromatic carbocycles. The maximum absolute atomic E-state index is 12.6. The summed E-state index contributed by atoms with van der Waals surface area (Å²) in [7, 11) is 3.01. The molecule has 0 spiro atoms. The first-order valence-electron chi connectivity index (χ1n) is 7.49. The Bertz CT molecular complexity index is 598. The fraction of sp³-hybridized carbons (Fsp3) is 0.412. The zero-order valence-electron chi connectivity index (χ0n) is 13.7. The van der Waals surface area contributed by atoms with Crippen molar-refractivity contribution in [3.63, 3.8) is 0 Å². The van der Waals surface area contributed by atoms with Crippen molar-refractivity contribution in [1.82, 2.24) is 10.2 Å². The quantitative estimate of drug-likeness (QED) is 0.731. The van der Waals surface area contributed by atoms with Crippen LogP contribution in [0.15, 0.2) is 18.2 Å². The van der Waals surface area contributed by atoms with Gasteiger partial charge in [0.15, 0.2) is 6.29 Å². The smallest absolute Gasteiger partial charge is 0.254 e. The van der Waals surface area contributed by atoms with Crippen LogP contribution in [-0.4, -0.2) is 49.4 Å². The molecule has 1 N–H and O–H groups in total. The van der Waals surface area contributed by atoms with Gasteiger partial charge in [0, 0.05) is 26.1 Å². The lowest BCUT2D eigenvalue weighted by molar-refractivity contribution is -0.121. The lowest BCUT2D eigenvalue weighted by Gasteiger charge is -2.24. The largest absolute Gasteiger partial charge is 0.359 e. The van der Waals surface area contributed by atoms with Crippen LogP contribution in [0.1, 0.15) is 46.0 Å². The van der Waals surface area contributed by atoms with Gasteiger partial charge in [0.05, 0.1) is 11.6 Å². The van der Waals surface area contributed by atoms with Crippen molar-refractivity contribution in [3.05, 3.63) is 34.9 Å². The molecule has 0 radical (unpaired) electrons. The first-order valence-corrected chi connectivity index (χ1v) is 7.49. The van der Waals surface area contributed by atoms with Crippen LogP contribution >= 0.6 is 0 Å². The second-order valence-electron chi connectivity index (χ2n) is 5.22. The molecule has 0 aromatic heterocycles. The molecule has 0 aliphatic heterocycles. The summed E-state index contributed by atoms with van der Waals surface area (Å²) in [4.78, 5) is 47.6. The molecule has 1 unspecified atom stereocenters. The van der Waals surface area contributed by atoms with Gasteiger partial charge in [-0.2, -0.15) is 0 Å². The summed E-state index contributed by atoms with van der Waals surface area (Å²) in [5.41, 5.74) is 1.49. The summed E-state index contributed by atoms with van der Waals surface area (Å²) < 4.78 is 0. The van der Waals surface area contributed by atoms with E-state index in [9.17, 15) is 19.2 Å². The third-order valence-corrected chi connectivity index (χ3v) is 3.80. The second kappa shape index (κ2) is 8.82. The number of carbonyl (C=O) groups excluding carboxylic acids is 4. The number of rotatable bonds is 8. The van der Waals surface area contributed by atoms with E-state index in [4.69, 9.17) is 0 Å². The van der Waals surface area contributed by atoms with Gasteiger partial charge in [0.25, 0.3) is 5.91 Å². The van der Waals surface area contributed by atoms with E-state index in [2.05, 4.69) is 5.32 Å². The second-order valence-corrected chi connectivity index (χ2v) is 5.22. The number of carbonyl (C=O) groups is 4. The summed E-state index contributed by atoms with van der Waals surface area (Å²) in [6, 6.07) is 4.35. The lowest BCUT2D eigenvalue weighted by atomic mass is 10.0. The maximum Gasteiger partial charge on any atom is 0.254 e. The Morgan fingerprint density at radius 3 is 2.52 bits per heavy atom. The van der Waals surface area contributed by atoms with Crippen molar-refractivity contribution in [1.29, 1.82) is 0 Å². The van der Waals surface area contributed by atoms with Crippen molar-refractivity contribution >= 4 is 24.4 Å².